The molecule has 35 heavy (non-hydrogen) atoms. The number of rotatable bonds is 7. The topological polar surface area (TPSA) is 82.3 Å². The molecule has 0 aliphatic rings. The zero-order valence-corrected chi connectivity index (χ0v) is 21.0. The van der Waals surface area contributed by atoms with Gasteiger partial charge in [0.1, 0.15) is 5.69 Å². The Hall–Kier alpha value is -3.81. The van der Waals surface area contributed by atoms with Gasteiger partial charge in [0.15, 0.2) is 0 Å². The predicted molar refractivity (Wildman–Crippen MR) is 146 cm³/mol. The van der Waals surface area contributed by atoms with Gasteiger partial charge in [-0.15, -0.1) is 11.3 Å². The van der Waals surface area contributed by atoms with Crippen LogP contribution in [0.25, 0.3) is 50.5 Å². The summed E-state index contributed by atoms with van der Waals surface area (Å²) in [6.45, 7) is 12.3. The smallest absolute Gasteiger partial charge is 0.116 e. The summed E-state index contributed by atoms with van der Waals surface area (Å²) in [5.41, 5.74) is 6.90. The van der Waals surface area contributed by atoms with Crippen molar-refractivity contribution in [1.29, 1.82) is 0 Å². The predicted octanol–water partition coefficient (Wildman–Crippen LogP) is 4.79. The maximum atomic E-state index is 4.66. The maximum Gasteiger partial charge on any atom is 0.116 e. The van der Waals surface area contributed by atoms with Gasteiger partial charge in [-0.2, -0.15) is 5.10 Å². The van der Waals surface area contributed by atoms with E-state index in [1.807, 2.05) is 37.8 Å². The minimum Gasteiger partial charge on any atom is -0.352 e. The van der Waals surface area contributed by atoms with Crippen molar-refractivity contribution in [2.24, 2.45) is 0 Å². The van der Waals surface area contributed by atoms with Gasteiger partial charge >= 0.3 is 0 Å². The lowest BCUT2D eigenvalue weighted by atomic mass is 10.1. The number of fused-ring (bicyclic) bond motifs is 1. The monoisotopic (exact) mass is 480 g/mol. The van der Waals surface area contributed by atoms with E-state index in [2.05, 4.69) is 81.2 Å². The molecule has 0 fully saturated rings. The third kappa shape index (κ3) is 4.60. The highest BCUT2D eigenvalue weighted by Crippen LogP contribution is 2.34. The second-order valence-corrected chi connectivity index (χ2v) is 9.75. The Morgan fingerprint density at radius 3 is 2.77 bits per heavy atom. The van der Waals surface area contributed by atoms with Gasteiger partial charge in [-0.3, -0.25) is 15.1 Å². The molecule has 0 saturated carbocycles. The first-order valence-corrected chi connectivity index (χ1v) is 12.5. The Bertz CT molecular complexity index is 1640. The average Bonchev–Trinajstić information content (AvgIpc) is 3.60. The first-order chi connectivity index (χ1) is 17.1. The molecule has 0 saturated heterocycles. The fraction of sp³-hybridized carbons (Fsp3) is 0.179. The van der Waals surface area contributed by atoms with E-state index in [1.165, 1.54) is 9.75 Å². The molecule has 0 amide bonds. The van der Waals surface area contributed by atoms with Crippen LogP contribution in [0, 0.1) is 6.92 Å². The molecule has 5 heterocycles. The third-order valence-electron chi connectivity index (χ3n) is 5.99. The quantitative estimate of drug-likeness (QED) is 0.313. The zero-order valence-electron chi connectivity index (χ0n) is 20.1. The molecule has 5 rings (SSSR count). The molecular formula is C28H28N6S. The van der Waals surface area contributed by atoms with Gasteiger partial charge in [0, 0.05) is 51.1 Å². The number of pyridine rings is 2. The van der Waals surface area contributed by atoms with Crippen molar-refractivity contribution in [3.8, 4) is 21.8 Å². The van der Waals surface area contributed by atoms with E-state index < -0.39 is 0 Å². The van der Waals surface area contributed by atoms with Gasteiger partial charge in [-0.25, -0.2) is 0 Å². The third-order valence-corrected chi connectivity index (χ3v) is 7.03. The fourth-order valence-electron chi connectivity index (χ4n) is 4.18. The minimum absolute atomic E-state index is 0.783. The highest BCUT2D eigenvalue weighted by Gasteiger charge is 2.14. The van der Waals surface area contributed by atoms with Crippen molar-refractivity contribution in [1.82, 2.24) is 30.5 Å². The highest BCUT2D eigenvalue weighted by molar-refractivity contribution is 7.15. The van der Waals surface area contributed by atoms with Gasteiger partial charge in [-0.05, 0) is 67.4 Å². The van der Waals surface area contributed by atoms with Crippen molar-refractivity contribution in [3.05, 3.63) is 82.2 Å². The fourth-order valence-corrected chi connectivity index (χ4v) is 5.07. The van der Waals surface area contributed by atoms with E-state index in [9.17, 15) is 0 Å². The molecule has 0 bridgehead atoms. The summed E-state index contributed by atoms with van der Waals surface area (Å²) < 4.78 is 0. The normalized spacial score (nSPS) is 12.7. The number of aromatic amines is 2. The molecule has 176 valence electrons. The van der Waals surface area contributed by atoms with Crippen molar-refractivity contribution in [2.45, 2.75) is 27.3 Å². The molecule has 7 heteroatoms. The van der Waals surface area contributed by atoms with Crippen LogP contribution in [0.2, 0.25) is 0 Å². The Morgan fingerprint density at radius 1 is 1.14 bits per heavy atom. The van der Waals surface area contributed by atoms with Crippen molar-refractivity contribution < 1.29 is 0 Å². The molecule has 0 spiro atoms. The average molecular weight is 481 g/mol. The van der Waals surface area contributed by atoms with Gasteiger partial charge in [0.25, 0.3) is 0 Å². The number of allylic oxidation sites excluding steroid dienone is 1. The molecule has 0 atom stereocenters. The van der Waals surface area contributed by atoms with Crippen LogP contribution in [-0.4, -0.2) is 31.7 Å². The Morgan fingerprint density at radius 2 is 2.00 bits per heavy atom. The van der Waals surface area contributed by atoms with E-state index in [4.69, 9.17) is 0 Å². The first kappa shape index (κ1) is 23.0. The number of nitrogens with zero attached hydrogens (tertiary/aromatic N) is 3. The van der Waals surface area contributed by atoms with Crippen molar-refractivity contribution in [2.75, 3.05) is 6.54 Å². The number of nitrogens with one attached hydrogen (secondary N) is 3. The van der Waals surface area contributed by atoms with Crippen LogP contribution in [0.5, 0.6) is 0 Å². The number of H-pyrrole nitrogens is 2. The largest absolute Gasteiger partial charge is 0.352 e. The Kier molecular flexibility index (Phi) is 6.44. The molecule has 0 aliphatic heterocycles. The van der Waals surface area contributed by atoms with Crippen LogP contribution in [-0.2, 0) is 6.54 Å². The summed E-state index contributed by atoms with van der Waals surface area (Å²) in [4.78, 5) is 14.9. The Balaban J connectivity index is 1.59. The number of aromatic nitrogens is 5. The van der Waals surface area contributed by atoms with Crippen LogP contribution < -0.4 is 15.9 Å². The maximum absolute atomic E-state index is 4.66. The number of hydrogen-bond acceptors (Lipinski definition) is 5. The molecule has 5 aromatic rings. The van der Waals surface area contributed by atoms with Crippen molar-refractivity contribution >= 4 is 40.0 Å². The van der Waals surface area contributed by atoms with Gasteiger partial charge < -0.3 is 10.3 Å². The van der Waals surface area contributed by atoms with Gasteiger partial charge in [0.2, 0.25) is 0 Å². The van der Waals surface area contributed by atoms with E-state index in [0.29, 0.717) is 0 Å². The van der Waals surface area contributed by atoms with Crippen LogP contribution in [0.15, 0.2) is 55.6 Å². The summed E-state index contributed by atoms with van der Waals surface area (Å²) in [5.74, 6) is 0. The first-order valence-electron chi connectivity index (χ1n) is 11.7. The molecule has 0 unspecified atom stereocenters. The van der Waals surface area contributed by atoms with Crippen molar-refractivity contribution in [3.63, 3.8) is 0 Å². The lowest BCUT2D eigenvalue weighted by Crippen LogP contribution is -2.23. The number of thiophene rings is 1. The number of aryl methyl sites for hydroxylation is 1. The summed E-state index contributed by atoms with van der Waals surface area (Å²) in [6, 6.07) is 8.59. The molecule has 3 N–H and O–H groups in total. The minimum atomic E-state index is 0.783. The SMILES string of the molecule is C=C(/C=c1/c(-c2cc3c(-c4ccc(C)s4)cncc3[nH]2)n[nH]/c1=C/C)c1cncc(CNCC)c1. The van der Waals surface area contributed by atoms with Gasteiger partial charge in [0.05, 0.1) is 22.8 Å². The molecule has 5 aromatic heterocycles. The molecule has 6 nitrogen and oxygen atoms in total. The zero-order chi connectivity index (χ0) is 24.4. The van der Waals surface area contributed by atoms with E-state index >= 15 is 0 Å². The molecular weight excluding hydrogens is 452 g/mol. The van der Waals surface area contributed by atoms with Crippen LogP contribution in [0.4, 0.5) is 0 Å². The lowest BCUT2D eigenvalue weighted by molar-refractivity contribution is 0.724. The molecule has 0 radical (unpaired) electrons. The summed E-state index contributed by atoms with van der Waals surface area (Å²) in [6.07, 6.45) is 11.6. The van der Waals surface area contributed by atoms with Crippen LogP contribution in [0.3, 0.4) is 0 Å². The van der Waals surface area contributed by atoms with Crippen LogP contribution in [0.1, 0.15) is 29.9 Å². The van der Waals surface area contributed by atoms with E-state index in [1.54, 1.807) is 11.3 Å². The van der Waals surface area contributed by atoms with E-state index in [0.717, 1.165) is 68.2 Å². The lowest BCUT2D eigenvalue weighted by Gasteiger charge is -2.05. The van der Waals surface area contributed by atoms with E-state index in [-0.39, 0.29) is 0 Å². The summed E-state index contributed by atoms with van der Waals surface area (Å²) >= 11 is 1.77. The summed E-state index contributed by atoms with van der Waals surface area (Å²) in [7, 11) is 0. The molecule has 0 aromatic carbocycles. The Labute approximate surface area is 208 Å². The standard InChI is InChI=1S/C28H28N6S/c1-5-24-22(9-17(3)20-10-19(12-29-6-2)13-30-14-20)28(34-33-24)25-11-21-23(15-31-16-26(21)32-25)27-8-7-18(4)35-27/h5,7-11,13-16,29,32-33H,3,6,12H2,1-2,4H3/b22-9+,24-5+. The van der Waals surface area contributed by atoms with Gasteiger partial charge in [-0.1, -0.05) is 19.6 Å². The second-order valence-electron chi connectivity index (χ2n) is 8.46. The second kappa shape index (κ2) is 9.82. The van der Waals surface area contributed by atoms with Crippen LogP contribution >= 0.6 is 11.3 Å². The summed E-state index contributed by atoms with van der Waals surface area (Å²) in [5, 5.41) is 14.3. The highest BCUT2D eigenvalue weighted by atomic mass is 32.1. The number of hydrogen-bond donors (Lipinski definition) is 3. The molecule has 0 aliphatic carbocycles.